The van der Waals surface area contributed by atoms with E-state index in [-0.39, 0.29) is 0 Å². The van der Waals surface area contributed by atoms with Crippen LogP contribution in [0.5, 0.6) is 0 Å². The quantitative estimate of drug-likeness (QED) is 0.758. The van der Waals surface area contributed by atoms with Gasteiger partial charge >= 0.3 is 0 Å². The van der Waals surface area contributed by atoms with Gasteiger partial charge in [0.25, 0.3) is 0 Å². The average molecular weight is 282 g/mol. The molecule has 0 bridgehead atoms. The molecule has 1 aliphatic carbocycles. The maximum Gasteiger partial charge on any atom is 0.181 e. The van der Waals surface area contributed by atoms with Crippen LogP contribution in [0.25, 0.3) is 22.8 Å². The summed E-state index contributed by atoms with van der Waals surface area (Å²) in [6.07, 6.45) is 3.46. The van der Waals surface area contributed by atoms with E-state index >= 15 is 0 Å². The van der Waals surface area contributed by atoms with Crippen LogP contribution in [-0.4, -0.2) is 15.2 Å². The Hall–Kier alpha value is -2.14. The molecule has 0 fully saturated rings. The third kappa shape index (κ3) is 1.74. The van der Waals surface area contributed by atoms with Crippen LogP contribution in [0.4, 0.5) is 5.00 Å². The summed E-state index contributed by atoms with van der Waals surface area (Å²) >= 11 is 1.69. The number of hydrogen-bond acceptors (Lipinski definition) is 4. The Morgan fingerprint density at radius 2 is 2.00 bits per heavy atom. The number of nitrogens with zero attached hydrogens (tertiary/aromatic N) is 2. The van der Waals surface area contributed by atoms with Gasteiger partial charge in [-0.05, 0) is 24.8 Å². The van der Waals surface area contributed by atoms with Crippen LogP contribution in [0.2, 0.25) is 0 Å². The van der Waals surface area contributed by atoms with Gasteiger partial charge in [0.15, 0.2) is 11.6 Å². The number of thiophene rings is 1. The number of H-pyrrole nitrogens is 1. The first-order chi connectivity index (χ1) is 9.83. The Kier molecular flexibility index (Phi) is 2.60. The molecule has 3 N–H and O–H groups in total. The minimum Gasteiger partial charge on any atom is -0.390 e. The number of nitrogen functional groups attached to an aromatic ring is 1. The number of hydrogen-bond donors (Lipinski definition) is 2. The molecule has 0 saturated heterocycles. The first kappa shape index (κ1) is 11.7. The van der Waals surface area contributed by atoms with Crippen molar-refractivity contribution >= 4 is 16.3 Å². The highest BCUT2D eigenvalue weighted by Gasteiger charge is 2.24. The number of anilines is 1. The van der Waals surface area contributed by atoms with Gasteiger partial charge in [-0.1, -0.05) is 30.3 Å². The van der Waals surface area contributed by atoms with Crippen molar-refractivity contribution in [3.8, 4) is 22.8 Å². The highest BCUT2D eigenvalue weighted by Crippen LogP contribution is 2.42. The summed E-state index contributed by atoms with van der Waals surface area (Å²) in [5.74, 6) is 1.51. The molecule has 100 valence electrons. The van der Waals surface area contributed by atoms with Crippen molar-refractivity contribution in [1.29, 1.82) is 0 Å². The number of nitrogens with two attached hydrogens (primary N) is 1. The molecule has 4 nitrogen and oxygen atoms in total. The summed E-state index contributed by atoms with van der Waals surface area (Å²) in [5.41, 5.74) is 9.61. The number of aromatic amines is 1. The van der Waals surface area contributed by atoms with Crippen LogP contribution in [0, 0.1) is 0 Å². The summed E-state index contributed by atoms with van der Waals surface area (Å²) in [6, 6.07) is 9.98. The molecule has 0 spiro atoms. The Morgan fingerprint density at radius 1 is 1.15 bits per heavy atom. The van der Waals surface area contributed by atoms with Crippen molar-refractivity contribution in [2.45, 2.75) is 19.3 Å². The second-order valence-electron chi connectivity index (χ2n) is 4.97. The predicted octanol–water partition coefficient (Wildman–Crippen LogP) is 3.27. The Morgan fingerprint density at radius 3 is 2.85 bits per heavy atom. The second kappa shape index (κ2) is 4.45. The lowest BCUT2D eigenvalue weighted by Gasteiger charge is -1.98. The largest absolute Gasteiger partial charge is 0.390 e. The fraction of sp³-hybridized carbons (Fsp3) is 0.200. The number of fused-ring (bicyclic) bond motifs is 1. The normalized spacial score (nSPS) is 13.6. The third-order valence-electron chi connectivity index (χ3n) is 3.70. The molecule has 4 rings (SSSR count). The van der Waals surface area contributed by atoms with Gasteiger partial charge in [-0.3, -0.25) is 5.10 Å². The molecule has 0 radical (unpaired) electrons. The van der Waals surface area contributed by atoms with E-state index < -0.39 is 0 Å². The lowest BCUT2D eigenvalue weighted by Crippen LogP contribution is -1.90. The number of aromatic nitrogens is 3. The first-order valence-corrected chi connectivity index (χ1v) is 7.53. The van der Waals surface area contributed by atoms with E-state index in [1.807, 2.05) is 30.3 Å². The van der Waals surface area contributed by atoms with Crippen molar-refractivity contribution in [2.24, 2.45) is 0 Å². The van der Waals surface area contributed by atoms with Gasteiger partial charge in [-0.25, -0.2) is 4.98 Å². The fourth-order valence-electron chi connectivity index (χ4n) is 2.78. The smallest absolute Gasteiger partial charge is 0.181 e. The molecule has 2 heterocycles. The molecule has 0 aliphatic heterocycles. The third-order valence-corrected chi connectivity index (χ3v) is 4.82. The molecular formula is C15H14N4S. The van der Waals surface area contributed by atoms with E-state index in [0.29, 0.717) is 0 Å². The number of benzene rings is 1. The molecule has 0 unspecified atom stereocenters. The molecule has 1 aliphatic rings. The molecule has 2 aromatic heterocycles. The molecule has 3 aromatic rings. The monoisotopic (exact) mass is 282 g/mol. The average Bonchev–Trinajstić information content (AvgIpc) is 3.15. The predicted molar refractivity (Wildman–Crippen MR) is 81.6 cm³/mol. The van der Waals surface area contributed by atoms with E-state index in [2.05, 4.69) is 15.2 Å². The van der Waals surface area contributed by atoms with Crippen molar-refractivity contribution in [3.63, 3.8) is 0 Å². The summed E-state index contributed by atoms with van der Waals surface area (Å²) in [6.45, 7) is 0. The second-order valence-corrected chi connectivity index (χ2v) is 6.11. The van der Waals surface area contributed by atoms with E-state index in [1.165, 1.54) is 16.9 Å². The van der Waals surface area contributed by atoms with Gasteiger partial charge in [-0.2, -0.15) is 5.10 Å². The molecule has 0 saturated carbocycles. The van der Waals surface area contributed by atoms with Gasteiger partial charge in [0, 0.05) is 10.4 Å². The summed E-state index contributed by atoms with van der Waals surface area (Å²) < 4.78 is 0. The van der Waals surface area contributed by atoms with Gasteiger partial charge < -0.3 is 5.73 Å². The fourth-order valence-corrected chi connectivity index (χ4v) is 3.94. The molecule has 0 amide bonds. The molecule has 1 aromatic carbocycles. The summed E-state index contributed by atoms with van der Waals surface area (Å²) in [4.78, 5) is 6.03. The van der Waals surface area contributed by atoms with E-state index in [4.69, 9.17) is 5.73 Å². The maximum absolute atomic E-state index is 6.16. The Labute approximate surface area is 120 Å². The lowest BCUT2D eigenvalue weighted by molar-refractivity contribution is 0.914. The first-order valence-electron chi connectivity index (χ1n) is 6.71. The number of rotatable bonds is 2. The SMILES string of the molecule is Nc1sc2c(c1-c1nc(-c3ccccc3)n[nH]1)CCC2. The van der Waals surface area contributed by atoms with Gasteiger partial charge in [0.05, 0.1) is 10.6 Å². The van der Waals surface area contributed by atoms with Crippen LogP contribution >= 0.6 is 11.3 Å². The van der Waals surface area contributed by atoms with E-state index in [9.17, 15) is 0 Å². The minimum absolute atomic E-state index is 0.720. The van der Waals surface area contributed by atoms with Crippen LogP contribution < -0.4 is 5.73 Å². The Bertz CT molecular complexity index is 758. The maximum atomic E-state index is 6.16. The molecule has 5 heteroatoms. The zero-order chi connectivity index (χ0) is 13.5. The zero-order valence-electron chi connectivity index (χ0n) is 10.9. The highest BCUT2D eigenvalue weighted by atomic mass is 32.1. The van der Waals surface area contributed by atoms with Gasteiger partial charge in [-0.15, -0.1) is 11.3 Å². The zero-order valence-corrected chi connectivity index (χ0v) is 11.7. The molecule has 20 heavy (non-hydrogen) atoms. The topological polar surface area (TPSA) is 67.6 Å². The Balaban J connectivity index is 1.80. The molecular weight excluding hydrogens is 268 g/mol. The standard InChI is InChI=1S/C15H14N4S/c16-13-12(10-7-4-8-11(10)20-13)15-17-14(18-19-15)9-5-2-1-3-6-9/h1-3,5-6H,4,7-8,16H2,(H,17,18,19). The summed E-state index contributed by atoms with van der Waals surface area (Å²) in [5, 5.41) is 8.22. The van der Waals surface area contributed by atoms with Gasteiger partial charge in [0.1, 0.15) is 0 Å². The van der Waals surface area contributed by atoms with Crippen LogP contribution in [-0.2, 0) is 12.8 Å². The van der Waals surface area contributed by atoms with Crippen LogP contribution in [0.15, 0.2) is 30.3 Å². The highest BCUT2D eigenvalue weighted by molar-refractivity contribution is 7.16. The number of aryl methyl sites for hydroxylation is 1. The van der Waals surface area contributed by atoms with E-state index in [1.54, 1.807) is 11.3 Å². The minimum atomic E-state index is 0.720. The van der Waals surface area contributed by atoms with Crippen molar-refractivity contribution in [2.75, 3.05) is 5.73 Å². The van der Waals surface area contributed by atoms with Crippen LogP contribution in [0.1, 0.15) is 16.9 Å². The summed E-state index contributed by atoms with van der Waals surface area (Å²) in [7, 11) is 0. The van der Waals surface area contributed by atoms with Crippen molar-refractivity contribution < 1.29 is 0 Å². The van der Waals surface area contributed by atoms with Gasteiger partial charge in [0.2, 0.25) is 0 Å². The lowest BCUT2D eigenvalue weighted by atomic mass is 10.1. The van der Waals surface area contributed by atoms with Crippen LogP contribution in [0.3, 0.4) is 0 Å². The van der Waals surface area contributed by atoms with Crippen molar-refractivity contribution in [3.05, 3.63) is 40.8 Å². The van der Waals surface area contributed by atoms with Crippen molar-refractivity contribution in [1.82, 2.24) is 15.2 Å². The number of nitrogens with one attached hydrogen (secondary N) is 1. The van der Waals surface area contributed by atoms with E-state index in [0.717, 1.165) is 40.6 Å². The molecule has 0 atom stereocenters.